The number of hydrogen-bond acceptors (Lipinski definition) is 5. The summed E-state index contributed by atoms with van der Waals surface area (Å²) in [6.07, 6.45) is 2.33. The number of amides is 1. The summed E-state index contributed by atoms with van der Waals surface area (Å²) in [6.45, 7) is -0.372. The maximum absolute atomic E-state index is 12.7. The van der Waals surface area contributed by atoms with Crippen molar-refractivity contribution in [2.75, 3.05) is 26.1 Å². The molecule has 3 rings (SSSR count). The molecule has 1 saturated carbocycles. The third-order valence-corrected chi connectivity index (χ3v) is 5.26. The van der Waals surface area contributed by atoms with Crippen LogP contribution in [0.3, 0.4) is 0 Å². The number of carbonyl (C=O) groups excluding carboxylic acids is 2. The third-order valence-electron chi connectivity index (χ3n) is 5.01. The number of esters is 1. The van der Waals surface area contributed by atoms with Gasteiger partial charge >= 0.3 is 5.97 Å². The summed E-state index contributed by atoms with van der Waals surface area (Å²) in [5, 5.41) is 3.30. The Balaban J connectivity index is 1.62. The summed E-state index contributed by atoms with van der Waals surface area (Å²) in [5.41, 5.74) is 0.647. The highest BCUT2D eigenvalue weighted by molar-refractivity contribution is 6.30. The van der Waals surface area contributed by atoms with Crippen LogP contribution in [0.4, 0.5) is 5.69 Å². The Morgan fingerprint density at radius 3 is 2.36 bits per heavy atom. The van der Waals surface area contributed by atoms with Crippen LogP contribution in [0.5, 0.6) is 11.5 Å². The molecule has 0 heterocycles. The lowest BCUT2D eigenvalue weighted by molar-refractivity contribution is -0.156. The Morgan fingerprint density at radius 1 is 1.07 bits per heavy atom. The van der Waals surface area contributed by atoms with Crippen LogP contribution in [0.2, 0.25) is 5.02 Å². The molecule has 0 unspecified atom stereocenters. The van der Waals surface area contributed by atoms with E-state index < -0.39 is 17.3 Å². The number of anilines is 1. The van der Waals surface area contributed by atoms with E-state index in [0.717, 1.165) is 12.0 Å². The molecule has 0 spiro atoms. The fourth-order valence-corrected chi connectivity index (χ4v) is 3.39. The van der Waals surface area contributed by atoms with E-state index in [4.69, 9.17) is 25.8 Å². The van der Waals surface area contributed by atoms with Crippen molar-refractivity contribution in [1.82, 2.24) is 0 Å². The highest BCUT2D eigenvalue weighted by Crippen LogP contribution is 2.45. The minimum atomic E-state index is -0.692. The molecular formula is C21H22ClNO5. The lowest BCUT2D eigenvalue weighted by Gasteiger charge is -2.39. The smallest absolute Gasteiger partial charge is 0.317 e. The van der Waals surface area contributed by atoms with Gasteiger partial charge in [-0.25, -0.2) is 0 Å². The van der Waals surface area contributed by atoms with Crippen molar-refractivity contribution < 1.29 is 23.8 Å². The molecule has 0 bridgehead atoms. The first-order valence-electron chi connectivity index (χ1n) is 8.93. The zero-order chi connectivity index (χ0) is 20.1. The molecule has 1 N–H and O–H groups in total. The first-order valence-corrected chi connectivity index (χ1v) is 9.31. The fraction of sp³-hybridized carbons (Fsp3) is 0.333. The summed E-state index contributed by atoms with van der Waals surface area (Å²) in [7, 11) is 3.04. The van der Waals surface area contributed by atoms with Crippen LogP contribution in [0.1, 0.15) is 24.8 Å². The fourth-order valence-electron chi connectivity index (χ4n) is 3.27. The van der Waals surface area contributed by atoms with Gasteiger partial charge < -0.3 is 19.5 Å². The van der Waals surface area contributed by atoms with Crippen molar-refractivity contribution in [2.45, 2.75) is 24.7 Å². The van der Waals surface area contributed by atoms with Crippen molar-refractivity contribution in [3.63, 3.8) is 0 Å². The second-order valence-corrected chi connectivity index (χ2v) is 7.07. The van der Waals surface area contributed by atoms with E-state index in [1.54, 1.807) is 37.4 Å². The molecule has 1 amide bonds. The van der Waals surface area contributed by atoms with Crippen LogP contribution in [0, 0.1) is 0 Å². The van der Waals surface area contributed by atoms with Crippen LogP contribution in [-0.2, 0) is 19.7 Å². The molecule has 0 aliphatic heterocycles. The van der Waals surface area contributed by atoms with Gasteiger partial charge in [-0.1, -0.05) is 30.2 Å². The Morgan fingerprint density at radius 2 is 1.79 bits per heavy atom. The van der Waals surface area contributed by atoms with E-state index in [1.165, 1.54) is 7.11 Å². The number of nitrogens with one attached hydrogen (secondary N) is 1. The minimum Gasteiger partial charge on any atom is -0.497 e. The number of halogens is 1. The van der Waals surface area contributed by atoms with Gasteiger partial charge in [-0.3, -0.25) is 9.59 Å². The number of rotatable bonds is 7. The van der Waals surface area contributed by atoms with Crippen LogP contribution < -0.4 is 14.8 Å². The van der Waals surface area contributed by atoms with E-state index in [1.807, 2.05) is 12.1 Å². The third kappa shape index (κ3) is 4.07. The summed E-state index contributed by atoms with van der Waals surface area (Å²) >= 11 is 5.94. The van der Waals surface area contributed by atoms with Crippen LogP contribution in [0.15, 0.2) is 42.5 Å². The molecule has 0 saturated heterocycles. The second kappa shape index (κ2) is 8.52. The summed E-state index contributed by atoms with van der Waals surface area (Å²) in [4.78, 5) is 25.0. The number of ether oxygens (including phenoxy) is 3. The number of carbonyl (C=O) groups is 2. The van der Waals surface area contributed by atoms with E-state index in [0.29, 0.717) is 35.1 Å². The Kier molecular flexibility index (Phi) is 6.09. The highest BCUT2D eigenvalue weighted by atomic mass is 35.5. The lowest BCUT2D eigenvalue weighted by Crippen LogP contribution is -2.44. The largest absolute Gasteiger partial charge is 0.497 e. The molecule has 7 heteroatoms. The van der Waals surface area contributed by atoms with Gasteiger partial charge in [0.25, 0.3) is 5.91 Å². The van der Waals surface area contributed by atoms with Gasteiger partial charge in [0.15, 0.2) is 6.61 Å². The van der Waals surface area contributed by atoms with E-state index >= 15 is 0 Å². The predicted molar refractivity (Wildman–Crippen MR) is 106 cm³/mol. The van der Waals surface area contributed by atoms with Crippen LogP contribution in [-0.4, -0.2) is 32.7 Å². The molecule has 148 valence electrons. The second-order valence-electron chi connectivity index (χ2n) is 6.63. The summed E-state index contributed by atoms with van der Waals surface area (Å²) in [5.74, 6) is 0.229. The molecule has 0 atom stereocenters. The quantitative estimate of drug-likeness (QED) is 0.708. The highest BCUT2D eigenvalue weighted by Gasteiger charge is 2.47. The van der Waals surface area contributed by atoms with Crippen molar-refractivity contribution in [2.24, 2.45) is 0 Å². The normalized spacial score (nSPS) is 14.5. The topological polar surface area (TPSA) is 73.9 Å². The average molecular weight is 404 g/mol. The van der Waals surface area contributed by atoms with Gasteiger partial charge in [-0.2, -0.15) is 0 Å². The van der Waals surface area contributed by atoms with E-state index in [2.05, 4.69) is 5.32 Å². The van der Waals surface area contributed by atoms with Gasteiger partial charge in [0.05, 0.1) is 25.3 Å². The first-order chi connectivity index (χ1) is 13.5. The molecule has 6 nitrogen and oxygen atoms in total. The van der Waals surface area contributed by atoms with Gasteiger partial charge in [0, 0.05) is 11.1 Å². The monoisotopic (exact) mass is 403 g/mol. The maximum atomic E-state index is 12.7. The zero-order valence-corrected chi connectivity index (χ0v) is 16.5. The molecule has 28 heavy (non-hydrogen) atoms. The Bertz CT molecular complexity index is 862. The molecule has 0 radical (unpaired) electrons. The number of methoxy groups -OCH3 is 2. The summed E-state index contributed by atoms with van der Waals surface area (Å²) < 4.78 is 15.7. The van der Waals surface area contributed by atoms with Crippen molar-refractivity contribution in [3.05, 3.63) is 53.1 Å². The van der Waals surface area contributed by atoms with Gasteiger partial charge in [0.1, 0.15) is 11.5 Å². The zero-order valence-electron chi connectivity index (χ0n) is 15.8. The van der Waals surface area contributed by atoms with E-state index in [9.17, 15) is 9.59 Å². The van der Waals surface area contributed by atoms with Gasteiger partial charge in [-0.15, -0.1) is 0 Å². The summed E-state index contributed by atoms with van der Waals surface area (Å²) in [6, 6.07) is 12.2. The Labute approximate surface area is 168 Å². The molecule has 1 aliphatic rings. The van der Waals surface area contributed by atoms with Gasteiger partial charge in [0.2, 0.25) is 0 Å². The van der Waals surface area contributed by atoms with E-state index in [-0.39, 0.29) is 6.61 Å². The molecule has 1 fully saturated rings. The van der Waals surface area contributed by atoms with Crippen molar-refractivity contribution in [3.8, 4) is 11.5 Å². The number of hydrogen-bond donors (Lipinski definition) is 1. The van der Waals surface area contributed by atoms with Gasteiger partial charge in [-0.05, 0) is 42.7 Å². The van der Waals surface area contributed by atoms with Crippen molar-refractivity contribution in [1.29, 1.82) is 0 Å². The average Bonchev–Trinajstić information content (AvgIpc) is 2.67. The number of benzene rings is 2. The van der Waals surface area contributed by atoms with Crippen molar-refractivity contribution >= 4 is 29.2 Å². The predicted octanol–water partition coefficient (Wildman–Crippen LogP) is 3.96. The SMILES string of the molecule is COc1ccc(NC(=O)COC(=O)C2(c3ccc(Cl)cc3)CCC2)c(OC)c1. The Hall–Kier alpha value is -2.73. The minimum absolute atomic E-state index is 0.372. The van der Waals surface area contributed by atoms with Crippen LogP contribution in [0.25, 0.3) is 0 Å². The molecule has 2 aromatic carbocycles. The molecule has 1 aliphatic carbocycles. The maximum Gasteiger partial charge on any atom is 0.317 e. The van der Waals surface area contributed by atoms with Crippen LogP contribution >= 0.6 is 11.6 Å². The standard InChI is InChI=1S/C21H22ClNO5/c1-26-16-8-9-17(18(12-16)27-2)23-19(24)13-28-20(25)21(10-3-11-21)14-4-6-15(22)7-5-14/h4-9,12H,3,10-11,13H2,1-2H3,(H,23,24). The molecule has 0 aromatic heterocycles. The first kappa shape index (κ1) is 20.0. The molecular weight excluding hydrogens is 382 g/mol. The lowest BCUT2D eigenvalue weighted by atomic mass is 9.64. The molecule has 2 aromatic rings.